The second-order valence-electron chi connectivity index (χ2n) is 5.03. The number of anilines is 1. The molecule has 25 heavy (non-hydrogen) atoms. The van der Waals surface area contributed by atoms with Gasteiger partial charge in [-0.3, -0.25) is 9.59 Å². The monoisotopic (exact) mass is 344 g/mol. The summed E-state index contributed by atoms with van der Waals surface area (Å²) < 4.78 is 15.8. The van der Waals surface area contributed by atoms with Gasteiger partial charge in [0.25, 0.3) is 11.8 Å². The highest BCUT2D eigenvalue weighted by atomic mass is 16.5. The van der Waals surface area contributed by atoms with Crippen LogP contribution in [-0.4, -0.2) is 32.1 Å². The van der Waals surface area contributed by atoms with Crippen molar-refractivity contribution < 1.29 is 23.8 Å². The van der Waals surface area contributed by atoms with E-state index in [4.69, 9.17) is 19.9 Å². The van der Waals surface area contributed by atoms with Crippen molar-refractivity contribution in [2.45, 2.75) is 6.92 Å². The largest absolute Gasteiger partial charge is 0.494 e. The summed E-state index contributed by atoms with van der Waals surface area (Å²) in [5.41, 5.74) is 6.07. The lowest BCUT2D eigenvalue weighted by molar-refractivity contribution is -0.119. The highest BCUT2D eigenvalue weighted by molar-refractivity contribution is 6.04. The van der Waals surface area contributed by atoms with Gasteiger partial charge in [0.05, 0.1) is 13.7 Å². The summed E-state index contributed by atoms with van der Waals surface area (Å²) in [6.45, 7) is 2.21. The van der Waals surface area contributed by atoms with Gasteiger partial charge in [0, 0.05) is 11.3 Å². The van der Waals surface area contributed by atoms with Crippen LogP contribution in [-0.2, 0) is 4.79 Å². The van der Waals surface area contributed by atoms with Gasteiger partial charge in [-0.15, -0.1) is 0 Å². The number of carbonyl (C=O) groups is 2. The van der Waals surface area contributed by atoms with E-state index >= 15 is 0 Å². The van der Waals surface area contributed by atoms with Crippen molar-refractivity contribution in [2.24, 2.45) is 5.73 Å². The summed E-state index contributed by atoms with van der Waals surface area (Å²) in [6.07, 6.45) is 0. The van der Waals surface area contributed by atoms with E-state index in [0.29, 0.717) is 29.4 Å². The molecule has 2 rings (SSSR count). The molecule has 2 amide bonds. The van der Waals surface area contributed by atoms with Gasteiger partial charge >= 0.3 is 0 Å². The number of amides is 2. The smallest absolute Gasteiger partial charge is 0.255 e. The van der Waals surface area contributed by atoms with Crippen LogP contribution >= 0.6 is 0 Å². The molecule has 7 heteroatoms. The fourth-order valence-corrected chi connectivity index (χ4v) is 2.08. The Morgan fingerprint density at radius 2 is 1.76 bits per heavy atom. The number of rotatable bonds is 8. The Bertz CT molecular complexity index is 744. The van der Waals surface area contributed by atoms with E-state index in [9.17, 15) is 9.59 Å². The molecular formula is C18H20N2O5. The van der Waals surface area contributed by atoms with Gasteiger partial charge in [0.2, 0.25) is 0 Å². The van der Waals surface area contributed by atoms with Gasteiger partial charge in [-0.05, 0) is 49.4 Å². The van der Waals surface area contributed by atoms with Crippen molar-refractivity contribution in [3.05, 3.63) is 48.0 Å². The van der Waals surface area contributed by atoms with E-state index in [2.05, 4.69) is 5.32 Å². The SMILES string of the molecule is CCOc1ccc(NC(=O)c2ccc(OCC(N)=O)c(OC)c2)cc1. The number of hydrogen-bond acceptors (Lipinski definition) is 5. The first kappa shape index (κ1) is 18.1. The third-order valence-corrected chi connectivity index (χ3v) is 3.22. The second kappa shape index (κ2) is 8.58. The maximum Gasteiger partial charge on any atom is 0.255 e. The molecule has 2 aromatic carbocycles. The molecule has 132 valence electrons. The van der Waals surface area contributed by atoms with Crippen LogP contribution in [0.15, 0.2) is 42.5 Å². The summed E-state index contributed by atoms with van der Waals surface area (Å²) in [4.78, 5) is 23.2. The minimum absolute atomic E-state index is 0.270. The Labute approximate surface area is 145 Å². The number of benzene rings is 2. The molecule has 7 nitrogen and oxygen atoms in total. The molecule has 0 aromatic heterocycles. The van der Waals surface area contributed by atoms with Gasteiger partial charge in [0.15, 0.2) is 18.1 Å². The van der Waals surface area contributed by atoms with Crippen LogP contribution in [0.25, 0.3) is 0 Å². The lowest BCUT2D eigenvalue weighted by atomic mass is 10.2. The predicted molar refractivity (Wildman–Crippen MR) is 93.2 cm³/mol. The topological polar surface area (TPSA) is 99.9 Å². The normalized spacial score (nSPS) is 10.0. The Morgan fingerprint density at radius 3 is 2.36 bits per heavy atom. The molecular weight excluding hydrogens is 324 g/mol. The van der Waals surface area contributed by atoms with E-state index in [1.165, 1.54) is 13.2 Å². The lowest BCUT2D eigenvalue weighted by Gasteiger charge is -2.11. The number of primary amides is 1. The quantitative estimate of drug-likeness (QED) is 0.765. The van der Waals surface area contributed by atoms with E-state index in [1.807, 2.05) is 6.92 Å². The van der Waals surface area contributed by atoms with Crippen LogP contribution in [0.2, 0.25) is 0 Å². The molecule has 3 N–H and O–H groups in total. The Balaban J connectivity index is 2.09. The third-order valence-electron chi connectivity index (χ3n) is 3.22. The first-order valence-electron chi connectivity index (χ1n) is 7.66. The van der Waals surface area contributed by atoms with Crippen molar-refractivity contribution in [1.82, 2.24) is 0 Å². The van der Waals surface area contributed by atoms with Gasteiger partial charge in [-0.25, -0.2) is 0 Å². The molecule has 0 aliphatic carbocycles. The fraction of sp³-hybridized carbons (Fsp3) is 0.222. The van der Waals surface area contributed by atoms with E-state index in [-0.39, 0.29) is 12.5 Å². The van der Waals surface area contributed by atoms with E-state index in [1.54, 1.807) is 36.4 Å². The van der Waals surface area contributed by atoms with E-state index < -0.39 is 5.91 Å². The van der Waals surface area contributed by atoms with E-state index in [0.717, 1.165) is 5.75 Å². The zero-order valence-corrected chi connectivity index (χ0v) is 14.1. The second-order valence-corrected chi connectivity index (χ2v) is 5.03. The molecule has 0 saturated carbocycles. The van der Waals surface area contributed by atoms with Crippen molar-refractivity contribution in [1.29, 1.82) is 0 Å². The Hall–Kier alpha value is -3.22. The zero-order valence-electron chi connectivity index (χ0n) is 14.1. The molecule has 0 atom stereocenters. The average Bonchev–Trinajstić information content (AvgIpc) is 2.61. The molecule has 0 heterocycles. The van der Waals surface area contributed by atoms with Crippen LogP contribution in [0.5, 0.6) is 17.2 Å². The van der Waals surface area contributed by atoms with Crippen LogP contribution in [0, 0.1) is 0 Å². The number of ether oxygens (including phenoxy) is 3. The first-order valence-corrected chi connectivity index (χ1v) is 7.66. The molecule has 2 aromatic rings. The highest BCUT2D eigenvalue weighted by Crippen LogP contribution is 2.28. The third kappa shape index (κ3) is 5.13. The minimum Gasteiger partial charge on any atom is -0.494 e. The maximum absolute atomic E-state index is 12.4. The van der Waals surface area contributed by atoms with Gasteiger partial charge in [-0.1, -0.05) is 0 Å². The summed E-state index contributed by atoms with van der Waals surface area (Å²) in [6, 6.07) is 11.7. The molecule has 0 aliphatic rings. The molecule has 0 spiro atoms. The maximum atomic E-state index is 12.4. The molecule has 0 fully saturated rings. The number of methoxy groups -OCH3 is 1. The van der Waals surface area contributed by atoms with Crippen molar-refractivity contribution in [3.63, 3.8) is 0 Å². The van der Waals surface area contributed by atoms with Crippen LogP contribution in [0.1, 0.15) is 17.3 Å². The summed E-state index contributed by atoms with van der Waals surface area (Å²) in [5, 5.41) is 2.78. The molecule has 0 saturated heterocycles. The van der Waals surface area contributed by atoms with Crippen LogP contribution < -0.4 is 25.3 Å². The number of nitrogens with two attached hydrogens (primary N) is 1. The van der Waals surface area contributed by atoms with Gasteiger partial charge in [0.1, 0.15) is 5.75 Å². The highest BCUT2D eigenvalue weighted by Gasteiger charge is 2.12. The fourth-order valence-electron chi connectivity index (χ4n) is 2.08. The standard InChI is InChI=1S/C18H20N2O5/c1-3-24-14-7-5-13(6-8-14)20-18(22)12-4-9-15(16(10-12)23-2)25-11-17(19)21/h4-10H,3,11H2,1-2H3,(H2,19,21)(H,20,22). The van der Waals surface area contributed by atoms with Crippen LogP contribution in [0.4, 0.5) is 5.69 Å². The molecule has 0 aliphatic heterocycles. The molecule has 0 radical (unpaired) electrons. The van der Waals surface area contributed by atoms with Crippen molar-refractivity contribution >= 4 is 17.5 Å². The number of hydrogen-bond donors (Lipinski definition) is 2. The first-order chi connectivity index (χ1) is 12.0. The summed E-state index contributed by atoms with van der Waals surface area (Å²) >= 11 is 0. The van der Waals surface area contributed by atoms with Gasteiger partial charge in [-0.2, -0.15) is 0 Å². The van der Waals surface area contributed by atoms with Gasteiger partial charge < -0.3 is 25.3 Å². The Kier molecular flexibility index (Phi) is 6.22. The average molecular weight is 344 g/mol. The Morgan fingerprint density at radius 1 is 1.04 bits per heavy atom. The number of carbonyl (C=O) groups excluding carboxylic acids is 2. The van der Waals surface area contributed by atoms with Crippen molar-refractivity contribution in [2.75, 3.05) is 25.6 Å². The minimum atomic E-state index is -0.598. The molecule has 0 unspecified atom stereocenters. The predicted octanol–water partition coefficient (Wildman–Crippen LogP) is 2.21. The van der Waals surface area contributed by atoms with Crippen molar-refractivity contribution in [3.8, 4) is 17.2 Å². The van der Waals surface area contributed by atoms with Crippen LogP contribution in [0.3, 0.4) is 0 Å². The number of nitrogens with one attached hydrogen (secondary N) is 1. The summed E-state index contributed by atoms with van der Waals surface area (Å²) in [5.74, 6) is 0.501. The summed E-state index contributed by atoms with van der Waals surface area (Å²) in [7, 11) is 1.45. The zero-order chi connectivity index (χ0) is 18.2. The lowest BCUT2D eigenvalue weighted by Crippen LogP contribution is -2.20. The molecule has 0 bridgehead atoms.